The van der Waals surface area contributed by atoms with Crippen molar-refractivity contribution in [3.63, 3.8) is 0 Å². The summed E-state index contributed by atoms with van der Waals surface area (Å²) in [5.74, 6) is -0.603. The van der Waals surface area contributed by atoms with Crippen molar-refractivity contribution in [1.82, 2.24) is 14.7 Å². The summed E-state index contributed by atoms with van der Waals surface area (Å²) in [4.78, 5) is 57.4. The summed E-state index contributed by atoms with van der Waals surface area (Å²) in [5.41, 5.74) is 1.63. The molecule has 1 saturated heterocycles. The highest BCUT2D eigenvalue weighted by atomic mass is 35.5. The molecule has 11 nitrogen and oxygen atoms in total. The Kier molecular flexibility index (Phi) is 13.6. The third-order valence-corrected chi connectivity index (χ3v) is 7.87. The number of carbonyl (C=O) groups is 4. The van der Waals surface area contributed by atoms with Crippen molar-refractivity contribution in [1.29, 1.82) is 0 Å². The lowest BCUT2D eigenvalue weighted by Crippen LogP contribution is -2.61. The highest BCUT2D eigenvalue weighted by Gasteiger charge is 2.41. The first-order valence-corrected chi connectivity index (χ1v) is 15.0. The van der Waals surface area contributed by atoms with Gasteiger partial charge in [0.05, 0.1) is 40.4 Å². The molecule has 240 valence electrons. The van der Waals surface area contributed by atoms with Crippen molar-refractivity contribution < 1.29 is 38.1 Å². The first kappa shape index (κ1) is 34.9. The Morgan fingerprint density at radius 1 is 0.977 bits per heavy atom. The number of hydrogen-bond donors (Lipinski definition) is 0. The van der Waals surface area contributed by atoms with Crippen LogP contribution >= 0.6 is 23.2 Å². The van der Waals surface area contributed by atoms with Gasteiger partial charge in [-0.15, -0.1) is 0 Å². The van der Waals surface area contributed by atoms with Crippen LogP contribution in [0.1, 0.15) is 24.5 Å². The molecule has 0 radical (unpaired) electrons. The molecular formula is C31H39Cl2N3O8. The van der Waals surface area contributed by atoms with Gasteiger partial charge in [-0.3, -0.25) is 19.2 Å². The molecule has 1 heterocycles. The summed E-state index contributed by atoms with van der Waals surface area (Å²) >= 11 is 12.3. The molecule has 44 heavy (non-hydrogen) atoms. The molecular weight excluding hydrogens is 613 g/mol. The zero-order chi connectivity index (χ0) is 32.2. The topological polar surface area (TPSA) is 115 Å². The molecule has 3 amide bonds. The average Bonchev–Trinajstić information content (AvgIpc) is 3.00. The van der Waals surface area contributed by atoms with E-state index in [-0.39, 0.29) is 64.2 Å². The van der Waals surface area contributed by atoms with Gasteiger partial charge in [0.2, 0.25) is 17.7 Å². The monoisotopic (exact) mass is 651 g/mol. The molecule has 2 aromatic rings. The summed E-state index contributed by atoms with van der Waals surface area (Å²) in [6.07, 6.45) is 0.482. The second-order valence-corrected chi connectivity index (χ2v) is 10.9. The van der Waals surface area contributed by atoms with Gasteiger partial charge in [-0.1, -0.05) is 35.3 Å². The quantitative estimate of drug-likeness (QED) is 0.254. The number of benzene rings is 2. The third kappa shape index (κ3) is 9.48. The van der Waals surface area contributed by atoms with Crippen LogP contribution in [0.15, 0.2) is 36.4 Å². The van der Waals surface area contributed by atoms with Crippen LogP contribution in [0.25, 0.3) is 0 Å². The van der Waals surface area contributed by atoms with Crippen LogP contribution in [0.5, 0.6) is 11.5 Å². The van der Waals surface area contributed by atoms with E-state index in [1.54, 1.807) is 44.4 Å². The number of piperazine rings is 1. The van der Waals surface area contributed by atoms with Gasteiger partial charge in [-0.25, -0.2) is 0 Å². The van der Waals surface area contributed by atoms with E-state index in [1.165, 1.54) is 28.9 Å². The molecule has 1 aliphatic heterocycles. The van der Waals surface area contributed by atoms with Gasteiger partial charge < -0.3 is 33.6 Å². The molecule has 13 heteroatoms. The molecule has 1 unspecified atom stereocenters. The minimum absolute atomic E-state index is 0.135. The van der Waals surface area contributed by atoms with E-state index in [4.69, 9.17) is 42.1 Å². The van der Waals surface area contributed by atoms with Crippen molar-refractivity contribution in [2.45, 2.75) is 32.2 Å². The predicted octanol–water partition coefficient (Wildman–Crippen LogP) is 3.26. The first-order valence-electron chi connectivity index (χ1n) is 14.3. The van der Waals surface area contributed by atoms with Crippen molar-refractivity contribution >= 4 is 46.9 Å². The fourth-order valence-corrected chi connectivity index (χ4v) is 5.44. The lowest BCUT2D eigenvalue weighted by Gasteiger charge is -2.40. The third-order valence-electron chi connectivity index (χ3n) is 7.29. The lowest BCUT2D eigenvalue weighted by molar-refractivity contribution is -0.159. The van der Waals surface area contributed by atoms with Crippen molar-refractivity contribution in [2.75, 3.05) is 67.3 Å². The summed E-state index contributed by atoms with van der Waals surface area (Å²) < 4.78 is 21.0. The second-order valence-electron chi connectivity index (χ2n) is 10.1. The van der Waals surface area contributed by atoms with Crippen LogP contribution in [0, 0.1) is 0 Å². The number of carbonyl (C=O) groups excluding carboxylic acids is 4. The van der Waals surface area contributed by atoms with E-state index in [2.05, 4.69) is 0 Å². The summed E-state index contributed by atoms with van der Waals surface area (Å²) in [6.45, 7) is 2.12. The van der Waals surface area contributed by atoms with E-state index in [0.29, 0.717) is 34.4 Å². The minimum Gasteiger partial charge on any atom is -0.493 e. The molecule has 1 atom stereocenters. The zero-order valence-electron chi connectivity index (χ0n) is 25.5. The van der Waals surface area contributed by atoms with E-state index < -0.39 is 17.9 Å². The molecule has 0 saturated carbocycles. The fourth-order valence-electron chi connectivity index (χ4n) is 4.94. The SMILES string of the molecule is CCOC(=O)CN(CCc1ccc(OC)c(OC)c1)C(=O)CC1C(=O)N(CCc2ccc(Cl)cc2Cl)CC(=O)N1CCOC. The molecule has 2 aromatic carbocycles. The number of esters is 1. The van der Waals surface area contributed by atoms with Crippen molar-refractivity contribution in [3.05, 3.63) is 57.6 Å². The van der Waals surface area contributed by atoms with Crippen LogP contribution in [-0.4, -0.2) is 112 Å². The number of amides is 3. The Bertz CT molecular complexity index is 1320. The molecule has 0 N–H and O–H groups in total. The smallest absolute Gasteiger partial charge is 0.325 e. The van der Waals surface area contributed by atoms with Crippen LogP contribution in [0.4, 0.5) is 0 Å². The van der Waals surface area contributed by atoms with Crippen molar-refractivity contribution in [3.8, 4) is 11.5 Å². The Balaban J connectivity index is 1.80. The number of halogens is 2. The summed E-state index contributed by atoms with van der Waals surface area (Å²) in [6, 6.07) is 9.44. The number of methoxy groups -OCH3 is 3. The number of nitrogens with zero attached hydrogens (tertiary/aromatic N) is 3. The highest BCUT2D eigenvalue weighted by molar-refractivity contribution is 6.35. The normalized spacial score (nSPS) is 14.9. The fraction of sp³-hybridized carbons (Fsp3) is 0.484. The van der Waals surface area contributed by atoms with E-state index in [0.717, 1.165) is 11.1 Å². The zero-order valence-corrected chi connectivity index (χ0v) is 27.0. The maximum absolute atomic E-state index is 13.7. The Morgan fingerprint density at radius 3 is 2.39 bits per heavy atom. The molecule has 0 aliphatic carbocycles. The van der Waals surface area contributed by atoms with Gasteiger partial charge in [-0.2, -0.15) is 0 Å². The van der Waals surface area contributed by atoms with Gasteiger partial charge in [0.1, 0.15) is 12.6 Å². The molecule has 0 bridgehead atoms. The first-order chi connectivity index (χ1) is 21.1. The summed E-state index contributed by atoms with van der Waals surface area (Å²) in [7, 11) is 4.57. The standard InChI is InChI=1S/C31H39Cl2N3O8/c1-5-44-30(39)20-34(12-10-21-6-9-26(42-3)27(16-21)43-4)28(37)18-25-31(40)35(19-29(38)36(25)14-15-41-2)13-11-22-7-8-23(32)17-24(22)33/h6-9,16-17,25H,5,10-15,18-20H2,1-4H3. The lowest BCUT2D eigenvalue weighted by atomic mass is 10.0. The maximum atomic E-state index is 13.7. The van der Waals surface area contributed by atoms with Crippen LogP contribution in [-0.2, 0) is 41.5 Å². The van der Waals surface area contributed by atoms with Crippen LogP contribution < -0.4 is 9.47 Å². The second kappa shape index (κ2) is 17.1. The Hall–Kier alpha value is -3.54. The number of ether oxygens (including phenoxy) is 4. The number of rotatable bonds is 16. The van der Waals surface area contributed by atoms with Gasteiger partial charge in [0.25, 0.3) is 0 Å². The minimum atomic E-state index is -1.06. The summed E-state index contributed by atoms with van der Waals surface area (Å²) in [5, 5.41) is 0.958. The van der Waals surface area contributed by atoms with Gasteiger partial charge in [0.15, 0.2) is 11.5 Å². The predicted molar refractivity (Wildman–Crippen MR) is 165 cm³/mol. The molecule has 1 aliphatic rings. The van der Waals surface area contributed by atoms with E-state index >= 15 is 0 Å². The molecule has 3 rings (SSSR count). The van der Waals surface area contributed by atoms with Crippen LogP contribution in [0.3, 0.4) is 0 Å². The molecule has 0 spiro atoms. The van der Waals surface area contributed by atoms with Crippen molar-refractivity contribution in [2.24, 2.45) is 0 Å². The van der Waals surface area contributed by atoms with E-state index in [9.17, 15) is 19.2 Å². The highest BCUT2D eigenvalue weighted by Crippen LogP contribution is 2.28. The number of hydrogen-bond acceptors (Lipinski definition) is 8. The van der Waals surface area contributed by atoms with Gasteiger partial charge in [0, 0.05) is 36.8 Å². The maximum Gasteiger partial charge on any atom is 0.325 e. The average molecular weight is 653 g/mol. The molecule has 0 aromatic heterocycles. The van der Waals surface area contributed by atoms with Crippen LogP contribution in [0.2, 0.25) is 10.0 Å². The molecule has 1 fully saturated rings. The largest absolute Gasteiger partial charge is 0.493 e. The van der Waals surface area contributed by atoms with E-state index in [1.807, 2.05) is 6.07 Å². The Morgan fingerprint density at radius 2 is 1.73 bits per heavy atom. The van der Waals surface area contributed by atoms with Gasteiger partial charge in [-0.05, 0) is 55.2 Å². The Labute approximate surface area is 267 Å². The van der Waals surface area contributed by atoms with Gasteiger partial charge >= 0.3 is 5.97 Å².